The second-order valence-corrected chi connectivity index (χ2v) is 5.94. The molecule has 1 aliphatic rings. The topological polar surface area (TPSA) is 86.7 Å². The third kappa shape index (κ3) is 4.06. The number of carbonyl (C=O) groups excluding carboxylic acids is 2. The van der Waals surface area contributed by atoms with Crippen LogP contribution in [0.5, 0.6) is 0 Å². The van der Waals surface area contributed by atoms with Gasteiger partial charge in [0.05, 0.1) is 5.41 Å². The van der Waals surface area contributed by atoms with Crippen LogP contribution in [-0.2, 0) is 9.59 Å². The summed E-state index contributed by atoms with van der Waals surface area (Å²) in [6, 6.07) is 5.12. The van der Waals surface area contributed by atoms with E-state index in [9.17, 15) is 18.8 Å². The van der Waals surface area contributed by atoms with Crippen molar-refractivity contribution in [3.05, 3.63) is 35.6 Å². The number of rotatable bonds is 5. The Morgan fingerprint density at radius 3 is 2.52 bits per heavy atom. The maximum atomic E-state index is 12.8. The summed E-state index contributed by atoms with van der Waals surface area (Å²) >= 11 is 0. The lowest BCUT2D eigenvalue weighted by Crippen LogP contribution is -2.36. The molecule has 0 bridgehead atoms. The van der Waals surface area contributed by atoms with Crippen molar-refractivity contribution < 1.29 is 23.9 Å². The molecule has 0 radical (unpaired) electrons. The molecule has 0 aromatic heterocycles. The summed E-state index contributed by atoms with van der Waals surface area (Å²) in [5, 5.41) is 11.7. The predicted molar refractivity (Wildman–Crippen MR) is 80.3 cm³/mol. The molecule has 0 spiro atoms. The van der Waals surface area contributed by atoms with Crippen LogP contribution in [0.2, 0.25) is 0 Å². The van der Waals surface area contributed by atoms with Crippen molar-refractivity contribution in [3.63, 3.8) is 0 Å². The van der Waals surface area contributed by atoms with E-state index in [0.717, 1.165) is 0 Å². The number of carboxylic acids is 1. The zero-order valence-electron chi connectivity index (χ0n) is 12.8. The van der Waals surface area contributed by atoms with Gasteiger partial charge in [0.2, 0.25) is 5.91 Å². The van der Waals surface area contributed by atoms with Crippen LogP contribution in [0.4, 0.5) is 4.39 Å². The summed E-state index contributed by atoms with van der Waals surface area (Å²) in [5.41, 5.74) is -0.578. The van der Waals surface area contributed by atoms with E-state index in [4.69, 9.17) is 5.11 Å². The van der Waals surface area contributed by atoms with Crippen molar-refractivity contribution in [2.45, 2.75) is 19.8 Å². The van der Waals surface area contributed by atoms with Crippen molar-refractivity contribution in [3.8, 4) is 0 Å². The molecule has 1 aromatic rings. The summed E-state index contributed by atoms with van der Waals surface area (Å²) in [6.07, 6.45) is 0.526. The summed E-state index contributed by atoms with van der Waals surface area (Å²) in [6.45, 7) is 2.37. The Morgan fingerprint density at radius 1 is 1.30 bits per heavy atom. The Hall–Kier alpha value is -2.44. The molecule has 0 aliphatic carbocycles. The van der Waals surface area contributed by atoms with Crippen LogP contribution < -0.4 is 5.32 Å². The molecule has 1 unspecified atom stereocenters. The summed E-state index contributed by atoms with van der Waals surface area (Å²) in [7, 11) is 0. The largest absolute Gasteiger partial charge is 0.481 e. The van der Waals surface area contributed by atoms with E-state index < -0.39 is 17.2 Å². The molecule has 2 N–H and O–H groups in total. The molecular formula is C16H19FN2O4. The SMILES string of the molecule is CC1(C(=O)O)CCN(C(=O)CCNC(=O)c2ccc(F)cc2)C1. The van der Waals surface area contributed by atoms with Crippen LogP contribution >= 0.6 is 0 Å². The molecule has 2 amide bonds. The number of carboxylic acid groups (broad SMARTS) is 1. The Morgan fingerprint density at radius 2 is 1.96 bits per heavy atom. The van der Waals surface area contributed by atoms with Crippen molar-refractivity contribution in [2.24, 2.45) is 5.41 Å². The molecule has 23 heavy (non-hydrogen) atoms. The van der Waals surface area contributed by atoms with Gasteiger partial charge in [-0.05, 0) is 37.6 Å². The van der Waals surface area contributed by atoms with Crippen LogP contribution in [0.25, 0.3) is 0 Å². The molecule has 7 heteroatoms. The van der Waals surface area contributed by atoms with Gasteiger partial charge in [-0.2, -0.15) is 0 Å². The highest BCUT2D eigenvalue weighted by molar-refractivity contribution is 5.94. The molecule has 6 nitrogen and oxygen atoms in total. The molecule has 1 saturated heterocycles. The molecule has 1 fully saturated rings. The minimum Gasteiger partial charge on any atom is -0.481 e. The summed E-state index contributed by atoms with van der Waals surface area (Å²) < 4.78 is 12.8. The highest BCUT2D eigenvalue weighted by atomic mass is 19.1. The van der Waals surface area contributed by atoms with Crippen LogP contribution in [-0.4, -0.2) is 47.4 Å². The van der Waals surface area contributed by atoms with Gasteiger partial charge < -0.3 is 15.3 Å². The van der Waals surface area contributed by atoms with Gasteiger partial charge in [-0.25, -0.2) is 4.39 Å². The van der Waals surface area contributed by atoms with E-state index in [2.05, 4.69) is 5.32 Å². The van der Waals surface area contributed by atoms with E-state index in [-0.39, 0.29) is 31.3 Å². The minimum absolute atomic E-state index is 0.0998. The van der Waals surface area contributed by atoms with Crippen LogP contribution in [0.3, 0.4) is 0 Å². The Kier molecular flexibility index (Phi) is 4.98. The van der Waals surface area contributed by atoms with Gasteiger partial charge in [0, 0.05) is 31.6 Å². The first kappa shape index (κ1) is 16.9. The van der Waals surface area contributed by atoms with Gasteiger partial charge in [-0.1, -0.05) is 0 Å². The van der Waals surface area contributed by atoms with Gasteiger partial charge >= 0.3 is 5.97 Å². The van der Waals surface area contributed by atoms with Crippen molar-refractivity contribution in [1.82, 2.24) is 10.2 Å². The predicted octanol–water partition coefficient (Wildman–Crippen LogP) is 1.27. The number of hydrogen-bond acceptors (Lipinski definition) is 3. The second-order valence-electron chi connectivity index (χ2n) is 5.94. The Bertz CT molecular complexity index is 617. The average Bonchev–Trinajstić information content (AvgIpc) is 2.92. The fourth-order valence-electron chi connectivity index (χ4n) is 2.49. The number of halogens is 1. The van der Waals surface area contributed by atoms with Crippen molar-refractivity contribution in [2.75, 3.05) is 19.6 Å². The first-order valence-corrected chi connectivity index (χ1v) is 7.37. The second kappa shape index (κ2) is 6.76. The van der Waals surface area contributed by atoms with E-state index >= 15 is 0 Å². The van der Waals surface area contributed by atoms with E-state index in [1.807, 2.05) is 0 Å². The van der Waals surface area contributed by atoms with Gasteiger partial charge in [-0.3, -0.25) is 14.4 Å². The zero-order valence-corrected chi connectivity index (χ0v) is 12.8. The van der Waals surface area contributed by atoms with E-state index in [0.29, 0.717) is 18.5 Å². The Labute approximate surface area is 133 Å². The molecule has 1 aliphatic heterocycles. The highest BCUT2D eigenvalue weighted by Crippen LogP contribution is 2.30. The standard InChI is InChI=1S/C16H19FN2O4/c1-16(15(22)23)7-9-19(10-16)13(20)6-8-18-14(21)11-2-4-12(17)5-3-11/h2-5H,6-10H2,1H3,(H,18,21)(H,22,23). The monoisotopic (exact) mass is 322 g/mol. The maximum Gasteiger partial charge on any atom is 0.311 e. The zero-order chi connectivity index (χ0) is 17.0. The summed E-state index contributed by atoms with van der Waals surface area (Å²) in [5.74, 6) is -1.89. The third-order valence-electron chi connectivity index (χ3n) is 4.07. The quantitative estimate of drug-likeness (QED) is 0.855. The molecule has 0 saturated carbocycles. The average molecular weight is 322 g/mol. The lowest BCUT2D eigenvalue weighted by molar-refractivity contribution is -0.147. The number of carbonyl (C=O) groups is 3. The number of aliphatic carboxylic acids is 1. The first-order valence-electron chi connectivity index (χ1n) is 7.37. The fraction of sp³-hybridized carbons (Fsp3) is 0.438. The number of benzene rings is 1. The molecule has 124 valence electrons. The first-order chi connectivity index (χ1) is 10.8. The molecule has 1 heterocycles. The third-order valence-corrected chi connectivity index (χ3v) is 4.07. The van der Waals surface area contributed by atoms with Crippen LogP contribution in [0, 0.1) is 11.2 Å². The number of hydrogen-bond donors (Lipinski definition) is 2. The Balaban J connectivity index is 1.78. The maximum absolute atomic E-state index is 12.8. The smallest absolute Gasteiger partial charge is 0.311 e. The lowest BCUT2D eigenvalue weighted by Gasteiger charge is -2.20. The highest BCUT2D eigenvalue weighted by Gasteiger charge is 2.41. The number of likely N-dealkylation sites (tertiary alicyclic amines) is 1. The minimum atomic E-state index is -0.905. The van der Waals surface area contributed by atoms with Crippen LogP contribution in [0.15, 0.2) is 24.3 Å². The normalized spacial score (nSPS) is 20.3. The molecule has 1 aromatic carbocycles. The summed E-state index contributed by atoms with van der Waals surface area (Å²) in [4.78, 5) is 36.5. The number of amides is 2. The lowest BCUT2D eigenvalue weighted by atomic mass is 9.90. The number of nitrogens with one attached hydrogen (secondary N) is 1. The van der Waals surface area contributed by atoms with Crippen LogP contribution in [0.1, 0.15) is 30.1 Å². The van der Waals surface area contributed by atoms with Crippen molar-refractivity contribution >= 4 is 17.8 Å². The van der Waals surface area contributed by atoms with Crippen molar-refractivity contribution in [1.29, 1.82) is 0 Å². The molecular weight excluding hydrogens is 303 g/mol. The van der Waals surface area contributed by atoms with Gasteiger partial charge in [0.25, 0.3) is 5.91 Å². The van der Waals surface area contributed by atoms with E-state index in [1.165, 1.54) is 29.2 Å². The van der Waals surface area contributed by atoms with Gasteiger partial charge in [-0.15, -0.1) is 0 Å². The fourth-order valence-corrected chi connectivity index (χ4v) is 2.49. The number of nitrogens with zero attached hydrogens (tertiary/aromatic N) is 1. The van der Waals surface area contributed by atoms with Gasteiger partial charge in [0.1, 0.15) is 5.82 Å². The molecule has 2 rings (SSSR count). The van der Waals surface area contributed by atoms with Gasteiger partial charge in [0.15, 0.2) is 0 Å². The molecule has 1 atom stereocenters. The van der Waals surface area contributed by atoms with E-state index in [1.54, 1.807) is 6.92 Å².